The number of anilines is 1. The molecule has 1 unspecified atom stereocenters. The average molecular weight is 228 g/mol. The monoisotopic (exact) mass is 228 g/mol. The number of hydrogen-bond acceptors (Lipinski definition) is 2. The third-order valence-corrected chi connectivity index (χ3v) is 3.77. The van der Waals surface area contributed by atoms with Crippen molar-refractivity contribution in [2.75, 3.05) is 11.4 Å². The van der Waals surface area contributed by atoms with Crippen LogP contribution in [0.2, 0.25) is 0 Å². The molecule has 0 amide bonds. The number of nitriles is 1. The lowest BCUT2D eigenvalue weighted by Gasteiger charge is -2.45. The maximum atomic E-state index is 9.09. The molecule has 0 bridgehead atoms. The van der Waals surface area contributed by atoms with Crippen molar-refractivity contribution in [1.29, 1.82) is 5.26 Å². The van der Waals surface area contributed by atoms with Gasteiger partial charge in [-0.05, 0) is 45.7 Å². The summed E-state index contributed by atoms with van der Waals surface area (Å²) in [6.45, 7) is 7.48. The number of aryl methyl sites for hydroxylation is 1. The van der Waals surface area contributed by atoms with E-state index >= 15 is 0 Å². The second-order valence-corrected chi connectivity index (χ2v) is 5.62. The molecule has 2 heteroatoms. The Morgan fingerprint density at radius 1 is 1.29 bits per heavy atom. The van der Waals surface area contributed by atoms with Gasteiger partial charge in [-0.25, -0.2) is 0 Å². The predicted molar refractivity (Wildman–Crippen MR) is 70.9 cm³/mol. The maximum absolute atomic E-state index is 9.09. The van der Waals surface area contributed by atoms with Crippen LogP contribution < -0.4 is 4.90 Å². The van der Waals surface area contributed by atoms with Gasteiger partial charge in [-0.3, -0.25) is 0 Å². The highest BCUT2D eigenvalue weighted by Crippen LogP contribution is 2.34. The van der Waals surface area contributed by atoms with E-state index in [0.717, 1.165) is 19.4 Å². The largest absolute Gasteiger partial charge is 0.365 e. The van der Waals surface area contributed by atoms with Crippen molar-refractivity contribution in [3.8, 4) is 6.07 Å². The minimum Gasteiger partial charge on any atom is -0.365 e. The van der Waals surface area contributed by atoms with Gasteiger partial charge in [0.2, 0.25) is 0 Å². The van der Waals surface area contributed by atoms with Crippen LogP contribution in [0.5, 0.6) is 0 Å². The first kappa shape index (κ1) is 12.0. The lowest BCUT2D eigenvalue weighted by molar-refractivity contribution is 0.325. The van der Waals surface area contributed by atoms with E-state index in [1.54, 1.807) is 0 Å². The Hall–Kier alpha value is -1.49. The van der Waals surface area contributed by atoms with Gasteiger partial charge < -0.3 is 4.90 Å². The summed E-state index contributed by atoms with van der Waals surface area (Å²) >= 11 is 0. The molecular formula is C15H20N2. The van der Waals surface area contributed by atoms with Crippen molar-refractivity contribution in [3.63, 3.8) is 0 Å². The summed E-state index contributed by atoms with van der Waals surface area (Å²) in [7, 11) is 0. The van der Waals surface area contributed by atoms with Crippen LogP contribution in [0.25, 0.3) is 0 Å². The Morgan fingerprint density at radius 2 is 1.94 bits per heavy atom. The van der Waals surface area contributed by atoms with Crippen LogP contribution in [0, 0.1) is 24.2 Å². The minimum atomic E-state index is 0.155. The number of hydrogen-bond donors (Lipinski definition) is 0. The van der Waals surface area contributed by atoms with Crippen LogP contribution in [0.1, 0.15) is 32.3 Å². The van der Waals surface area contributed by atoms with Crippen LogP contribution in [0.3, 0.4) is 0 Å². The summed E-state index contributed by atoms with van der Waals surface area (Å²) in [5.41, 5.74) is 2.67. The topological polar surface area (TPSA) is 27.0 Å². The Labute approximate surface area is 104 Å². The molecule has 17 heavy (non-hydrogen) atoms. The van der Waals surface area contributed by atoms with Gasteiger partial charge in [-0.2, -0.15) is 5.26 Å². The molecule has 0 saturated carbocycles. The molecule has 1 aliphatic rings. The lowest BCUT2D eigenvalue weighted by atomic mass is 9.85. The van der Waals surface area contributed by atoms with E-state index in [1.165, 1.54) is 11.3 Å². The molecule has 90 valence electrons. The zero-order chi connectivity index (χ0) is 12.5. The fourth-order valence-corrected chi connectivity index (χ4v) is 2.51. The van der Waals surface area contributed by atoms with Crippen molar-refractivity contribution in [2.24, 2.45) is 5.92 Å². The third-order valence-electron chi connectivity index (χ3n) is 3.77. The van der Waals surface area contributed by atoms with Gasteiger partial charge in [0.05, 0.1) is 12.0 Å². The highest BCUT2D eigenvalue weighted by Gasteiger charge is 2.34. The zero-order valence-electron chi connectivity index (χ0n) is 10.9. The van der Waals surface area contributed by atoms with Gasteiger partial charge in [0.25, 0.3) is 0 Å². The number of nitrogens with zero attached hydrogens (tertiary/aromatic N) is 2. The second-order valence-electron chi connectivity index (χ2n) is 5.62. The van der Waals surface area contributed by atoms with Crippen LogP contribution >= 0.6 is 0 Å². The lowest BCUT2D eigenvalue weighted by Crippen LogP contribution is -2.50. The maximum Gasteiger partial charge on any atom is 0.0674 e. The first-order valence-corrected chi connectivity index (χ1v) is 6.27. The first-order valence-electron chi connectivity index (χ1n) is 6.27. The van der Waals surface area contributed by atoms with Crippen molar-refractivity contribution >= 4 is 5.69 Å². The summed E-state index contributed by atoms with van der Waals surface area (Å²) in [5.74, 6) is 0.171. The van der Waals surface area contributed by atoms with E-state index in [9.17, 15) is 0 Å². The molecule has 1 atom stereocenters. The highest BCUT2D eigenvalue weighted by molar-refractivity contribution is 5.50. The van der Waals surface area contributed by atoms with Gasteiger partial charge in [0.15, 0.2) is 0 Å². The van der Waals surface area contributed by atoms with E-state index < -0.39 is 0 Å². The zero-order valence-corrected chi connectivity index (χ0v) is 10.9. The second kappa shape index (κ2) is 4.41. The summed E-state index contributed by atoms with van der Waals surface area (Å²) in [5, 5.41) is 9.09. The Morgan fingerprint density at radius 3 is 2.53 bits per heavy atom. The molecule has 1 heterocycles. The van der Waals surface area contributed by atoms with Gasteiger partial charge in [0, 0.05) is 17.8 Å². The molecule has 0 aromatic heterocycles. The smallest absolute Gasteiger partial charge is 0.0674 e. The van der Waals surface area contributed by atoms with Crippen molar-refractivity contribution < 1.29 is 0 Å². The SMILES string of the molecule is Cc1ccc(N2CC(C#N)CCC2(C)C)cc1. The van der Waals surface area contributed by atoms with Gasteiger partial charge in [-0.1, -0.05) is 17.7 Å². The van der Waals surface area contributed by atoms with Gasteiger partial charge in [0.1, 0.15) is 0 Å². The summed E-state index contributed by atoms with van der Waals surface area (Å²) in [4.78, 5) is 2.38. The number of rotatable bonds is 1. The van der Waals surface area contributed by atoms with E-state index in [1.807, 2.05) is 0 Å². The molecule has 0 N–H and O–H groups in total. The summed E-state index contributed by atoms with van der Waals surface area (Å²) < 4.78 is 0. The summed E-state index contributed by atoms with van der Waals surface area (Å²) in [6.07, 6.45) is 2.10. The molecule has 1 fully saturated rings. The molecule has 0 spiro atoms. The van der Waals surface area contributed by atoms with Crippen LogP contribution in [0.4, 0.5) is 5.69 Å². The Kier molecular flexibility index (Phi) is 3.11. The molecule has 0 radical (unpaired) electrons. The molecular weight excluding hydrogens is 208 g/mol. The minimum absolute atomic E-state index is 0.155. The Bertz CT molecular complexity index is 425. The third kappa shape index (κ3) is 2.44. The quantitative estimate of drug-likeness (QED) is 0.735. The molecule has 0 aliphatic carbocycles. The molecule has 2 rings (SSSR count). The summed E-state index contributed by atoms with van der Waals surface area (Å²) in [6, 6.07) is 11.0. The van der Waals surface area contributed by atoms with Crippen molar-refractivity contribution in [2.45, 2.75) is 39.2 Å². The highest BCUT2D eigenvalue weighted by atomic mass is 15.2. The van der Waals surface area contributed by atoms with E-state index in [2.05, 4.69) is 56.0 Å². The fourth-order valence-electron chi connectivity index (χ4n) is 2.51. The molecule has 1 aromatic rings. The van der Waals surface area contributed by atoms with Gasteiger partial charge >= 0.3 is 0 Å². The predicted octanol–water partition coefficient (Wildman–Crippen LogP) is 3.51. The normalized spacial score (nSPS) is 23.2. The average Bonchev–Trinajstić information content (AvgIpc) is 2.30. The van der Waals surface area contributed by atoms with E-state index in [-0.39, 0.29) is 11.5 Å². The van der Waals surface area contributed by atoms with Crippen molar-refractivity contribution in [3.05, 3.63) is 29.8 Å². The molecule has 1 aliphatic heterocycles. The van der Waals surface area contributed by atoms with Crippen LogP contribution in [0.15, 0.2) is 24.3 Å². The number of benzene rings is 1. The van der Waals surface area contributed by atoms with Gasteiger partial charge in [-0.15, -0.1) is 0 Å². The fraction of sp³-hybridized carbons (Fsp3) is 0.533. The molecule has 1 saturated heterocycles. The standard InChI is InChI=1S/C15H20N2/c1-12-4-6-14(7-5-12)17-11-13(10-16)8-9-15(17,2)3/h4-7,13H,8-9,11H2,1-3H3. The van der Waals surface area contributed by atoms with E-state index in [4.69, 9.17) is 5.26 Å². The van der Waals surface area contributed by atoms with Crippen LogP contribution in [-0.2, 0) is 0 Å². The Balaban J connectivity index is 2.27. The van der Waals surface area contributed by atoms with Crippen molar-refractivity contribution in [1.82, 2.24) is 0 Å². The van der Waals surface area contributed by atoms with Crippen LogP contribution in [-0.4, -0.2) is 12.1 Å². The molecule has 2 nitrogen and oxygen atoms in total. The van der Waals surface area contributed by atoms with E-state index in [0.29, 0.717) is 0 Å². The molecule has 1 aromatic carbocycles. The number of piperidine rings is 1. The first-order chi connectivity index (χ1) is 8.03.